The number of hydrogen-bond donors (Lipinski definition) is 0. The summed E-state index contributed by atoms with van der Waals surface area (Å²) in [5.41, 5.74) is 1.41. The maximum atomic E-state index is 13.2. The van der Waals surface area contributed by atoms with Crippen molar-refractivity contribution in [2.24, 2.45) is 4.99 Å². The van der Waals surface area contributed by atoms with Crippen LogP contribution in [0.25, 0.3) is 0 Å². The monoisotopic (exact) mass is 364 g/mol. The van der Waals surface area contributed by atoms with Crippen molar-refractivity contribution in [3.05, 3.63) is 102 Å². The van der Waals surface area contributed by atoms with Crippen molar-refractivity contribution in [2.75, 3.05) is 0 Å². The minimum Gasteiger partial charge on any atom is -0.758 e. The van der Waals surface area contributed by atoms with E-state index in [1.165, 1.54) is 24.3 Å². The van der Waals surface area contributed by atoms with E-state index in [1.54, 1.807) is 17.0 Å². The Labute approximate surface area is 157 Å². The minimum atomic E-state index is -0.750. The van der Waals surface area contributed by atoms with Gasteiger partial charge in [-0.05, 0) is 34.9 Å². The molecule has 0 radical (unpaired) electrons. The summed E-state index contributed by atoms with van der Waals surface area (Å²) in [5.74, 6) is -0.607. The largest absolute Gasteiger partial charge is 0.758 e. The molecule has 1 atom stereocenters. The summed E-state index contributed by atoms with van der Waals surface area (Å²) < 4.78 is 14.9. The maximum Gasteiger partial charge on any atom is 0.237 e. The zero-order valence-electron chi connectivity index (χ0n) is 14.0. The Morgan fingerprint density at radius 3 is 2.23 bits per heavy atom. The topological polar surface area (TPSA) is 33.3 Å². The molecule has 3 nitrogen and oxygen atoms in total. The lowest BCUT2D eigenvalue weighted by Gasteiger charge is -2.18. The highest BCUT2D eigenvalue weighted by molar-refractivity contribution is 7.77. The Hall–Kier alpha value is -2.92. The molecule has 0 saturated heterocycles. The third-order valence-corrected chi connectivity index (χ3v) is 4.26. The molecule has 0 N–H and O–H groups in total. The number of Topliss-reactive ketones (excluding diaryl/α,β-unsaturated/α-hetero) is 1. The quantitative estimate of drug-likeness (QED) is 0.220. The molecule has 0 bridgehead atoms. The molecule has 3 rings (SSSR count). The number of halogens is 1. The van der Waals surface area contributed by atoms with Gasteiger partial charge in [0.2, 0.25) is 11.8 Å². The Morgan fingerprint density at radius 2 is 1.58 bits per heavy atom. The van der Waals surface area contributed by atoms with Crippen molar-refractivity contribution < 1.29 is 13.8 Å². The fourth-order valence-corrected chi connectivity index (χ4v) is 2.86. The van der Waals surface area contributed by atoms with Crippen LogP contribution in [0.5, 0.6) is 0 Å². The number of aliphatic imine (C=N–C) groups is 1. The van der Waals surface area contributed by atoms with Gasteiger partial charge < -0.3 is 17.6 Å². The van der Waals surface area contributed by atoms with Crippen molar-refractivity contribution in [1.29, 1.82) is 0 Å². The average molecular weight is 364 g/mol. The molecule has 1 heterocycles. The first-order valence-electron chi connectivity index (χ1n) is 8.16. The van der Waals surface area contributed by atoms with Gasteiger partial charge in [-0.3, -0.25) is 4.79 Å². The van der Waals surface area contributed by atoms with E-state index in [1.807, 2.05) is 48.5 Å². The van der Waals surface area contributed by atoms with Gasteiger partial charge >= 0.3 is 0 Å². The third-order valence-electron chi connectivity index (χ3n) is 3.91. The van der Waals surface area contributed by atoms with E-state index in [4.69, 9.17) is 12.6 Å². The van der Waals surface area contributed by atoms with Crippen LogP contribution < -0.4 is 4.57 Å². The van der Waals surface area contributed by atoms with Crippen LogP contribution in [0.3, 0.4) is 0 Å². The van der Waals surface area contributed by atoms with Gasteiger partial charge in [0, 0.05) is 17.7 Å². The number of carbonyl (C=O) groups is 1. The summed E-state index contributed by atoms with van der Waals surface area (Å²) in [5, 5.41) is 0.291. The molecule has 2 aromatic carbocycles. The van der Waals surface area contributed by atoms with Crippen molar-refractivity contribution in [3.8, 4) is 0 Å². The van der Waals surface area contributed by atoms with E-state index < -0.39 is 6.04 Å². The third kappa shape index (κ3) is 4.37. The first-order chi connectivity index (χ1) is 12.6. The van der Waals surface area contributed by atoms with Crippen molar-refractivity contribution >= 4 is 23.5 Å². The lowest BCUT2D eigenvalue weighted by atomic mass is 10.0. The van der Waals surface area contributed by atoms with Crippen molar-refractivity contribution in [3.63, 3.8) is 0 Å². The second kappa shape index (κ2) is 8.45. The molecule has 26 heavy (non-hydrogen) atoms. The van der Waals surface area contributed by atoms with E-state index >= 15 is 0 Å². The molecule has 0 saturated carbocycles. The molecule has 5 heteroatoms. The standard InChI is InChI=1S/C21H17FN2OS/c22-18-11-9-17(10-12-18)20(25)19(24-13-5-2-6-14-24)21(26)23-15-16-7-3-1-4-8-16/h1-14,19H,15H2. The lowest BCUT2D eigenvalue weighted by Crippen LogP contribution is -2.47. The van der Waals surface area contributed by atoms with Gasteiger partial charge in [-0.1, -0.05) is 36.4 Å². The zero-order valence-corrected chi connectivity index (χ0v) is 14.8. The summed E-state index contributed by atoms with van der Waals surface area (Å²) in [6.45, 7) is 0.403. The minimum absolute atomic E-state index is 0.219. The van der Waals surface area contributed by atoms with Crippen LogP contribution >= 0.6 is 0 Å². The second-order valence-electron chi connectivity index (χ2n) is 5.74. The van der Waals surface area contributed by atoms with E-state index in [0.717, 1.165) is 5.56 Å². The molecule has 0 aliphatic rings. The normalized spacial score (nSPS) is 12.6. The molecule has 1 unspecified atom stereocenters. The highest BCUT2D eigenvalue weighted by atomic mass is 32.1. The second-order valence-corrected chi connectivity index (χ2v) is 6.15. The Balaban J connectivity index is 1.93. The van der Waals surface area contributed by atoms with Crippen LogP contribution in [0.4, 0.5) is 4.39 Å². The Kier molecular flexibility index (Phi) is 5.81. The Bertz CT molecular complexity index is 896. The molecule has 0 fully saturated rings. The van der Waals surface area contributed by atoms with E-state index in [9.17, 15) is 9.18 Å². The van der Waals surface area contributed by atoms with E-state index in [-0.39, 0.29) is 11.6 Å². The number of aromatic nitrogens is 1. The SMILES string of the molecule is O=C(c1ccc(F)cc1)C(C([S-])=NCc1ccccc1)[n+]1ccccc1. The maximum absolute atomic E-state index is 13.2. The zero-order chi connectivity index (χ0) is 18.4. The van der Waals surface area contributed by atoms with Gasteiger partial charge in [0.15, 0.2) is 12.4 Å². The molecular weight excluding hydrogens is 347 g/mol. The van der Waals surface area contributed by atoms with Gasteiger partial charge in [-0.15, -0.1) is 0 Å². The smallest absolute Gasteiger partial charge is 0.237 e. The summed E-state index contributed by atoms with van der Waals surface area (Å²) in [4.78, 5) is 17.5. The molecule has 130 valence electrons. The van der Waals surface area contributed by atoms with Crippen LogP contribution in [-0.2, 0) is 19.2 Å². The number of nitrogens with zero attached hydrogens (tertiary/aromatic N) is 2. The summed E-state index contributed by atoms with van der Waals surface area (Å²) in [6.07, 6.45) is 3.55. The molecule has 3 aromatic rings. The highest BCUT2D eigenvalue weighted by Gasteiger charge is 2.28. The van der Waals surface area contributed by atoms with Crippen molar-refractivity contribution in [1.82, 2.24) is 0 Å². The van der Waals surface area contributed by atoms with Gasteiger partial charge in [0.1, 0.15) is 5.82 Å². The summed E-state index contributed by atoms with van der Waals surface area (Å²) >= 11 is 5.48. The Morgan fingerprint density at radius 1 is 0.962 bits per heavy atom. The lowest BCUT2D eigenvalue weighted by molar-refractivity contribution is -0.691. The average Bonchev–Trinajstić information content (AvgIpc) is 2.69. The number of benzene rings is 2. The van der Waals surface area contributed by atoms with Crippen LogP contribution in [0, 0.1) is 5.82 Å². The number of rotatable bonds is 6. The molecule has 0 aliphatic heterocycles. The molecule has 0 amide bonds. The highest BCUT2D eigenvalue weighted by Crippen LogP contribution is 2.13. The van der Waals surface area contributed by atoms with Crippen LogP contribution in [-0.4, -0.2) is 10.8 Å². The predicted molar refractivity (Wildman–Crippen MR) is 101 cm³/mol. The van der Waals surface area contributed by atoms with Gasteiger partial charge in [0.05, 0.1) is 6.54 Å². The summed E-state index contributed by atoms with van der Waals surface area (Å²) in [7, 11) is 0. The van der Waals surface area contributed by atoms with E-state index in [0.29, 0.717) is 17.2 Å². The van der Waals surface area contributed by atoms with Gasteiger partial charge in [-0.25, -0.2) is 4.39 Å². The first kappa shape index (κ1) is 17.9. The molecule has 0 aliphatic carbocycles. The fraction of sp³-hybridized carbons (Fsp3) is 0.0952. The van der Waals surface area contributed by atoms with Crippen LogP contribution in [0.15, 0.2) is 90.2 Å². The number of hydrogen-bond acceptors (Lipinski definition) is 3. The predicted octanol–water partition coefficient (Wildman–Crippen LogP) is 3.68. The molecule has 0 spiro atoms. The van der Waals surface area contributed by atoms with E-state index in [2.05, 4.69) is 4.99 Å². The van der Waals surface area contributed by atoms with Crippen LogP contribution in [0.1, 0.15) is 22.0 Å². The number of ketones is 1. The fourth-order valence-electron chi connectivity index (χ4n) is 2.57. The summed E-state index contributed by atoms with van der Waals surface area (Å²) in [6, 6.07) is 19.9. The molecular formula is C21H17FN2OS. The number of pyridine rings is 1. The van der Waals surface area contributed by atoms with Gasteiger partial charge in [-0.2, -0.15) is 4.57 Å². The first-order valence-corrected chi connectivity index (χ1v) is 8.57. The number of carbonyl (C=O) groups excluding carboxylic acids is 1. The molecule has 1 aromatic heterocycles. The van der Waals surface area contributed by atoms with Crippen LogP contribution in [0.2, 0.25) is 0 Å². The van der Waals surface area contributed by atoms with Crippen molar-refractivity contribution in [2.45, 2.75) is 12.6 Å². The van der Waals surface area contributed by atoms with Gasteiger partial charge in [0.25, 0.3) is 0 Å².